The van der Waals surface area contributed by atoms with Crippen LogP contribution in [0.2, 0.25) is 0 Å². The number of nitrogens with zero attached hydrogens (tertiary/aromatic N) is 5. The maximum absolute atomic E-state index is 13.1. The summed E-state index contributed by atoms with van der Waals surface area (Å²) in [5, 5.41) is 6.92. The fourth-order valence-corrected chi connectivity index (χ4v) is 4.44. The van der Waals surface area contributed by atoms with Gasteiger partial charge in [0, 0.05) is 49.7 Å². The Labute approximate surface area is 205 Å². The topological polar surface area (TPSA) is 109 Å². The summed E-state index contributed by atoms with van der Waals surface area (Å²) in [5.41, 5.74) is 3.25. The van der Waals surface area contributed by atoms with Gasteiger partial charge >= 0.3 is 6.03 Å². The number of hydrogen-bond donors (Lipinski definition) is 3. The number of anilines is 3. The normalized spacial score (nSPS) is 16.1. The molecule has 3 N–H and O–H groups in total. The highest BCUT2D eigenvalue weighted by molar-refractivity contribution is 5.94. The summed E-state index contributed by atoms with van der Waals surface area (Å²) >= 11 is 0. The van der Waals surface area contributed by atoms with Gasteiger partial charge in [0.05, 0.1) is 5.39 Å². The second kappa shape index (κ2) is 10.7. The van der Waals surface area contributed by atoms with E-state index < -0.39 is 0 Å². The summed E-state index contributed by atoms with van der Waals surface area (Å²) in [7, 11) is 3.98. The molecule has 0 radical (unpaired) electrons. The van der Waals surface area contributed by atoms with Gasteiger partial charge in [-0.15, -0.1) is 0 Å². The molecule has 4 rings (SSSR count). The fraction of sp³-hybridized carbons (Fsp3) is 0.440. The van der Waals surface area contributed by atoms with Crippen molar-refractivity contribution in [2.24, 2.45) is 0 Å². The number of carbonyl (C=O) groups excluding carboxylic acids is 2. The molecule has 1 aliphatic heterocycles. The van der Waals surface area contributed by atoms with E-state index in [-0.39, 0.29) is 18.0 Å². The lowest BCUT2D eigenvalue weighted by molar-refractivity contribution is -0.116. The number of piperazine rings is 1. The van der Waals surface area contributed by atoms with Gasteiger partial charge in [0.1, 0.15) is 17.8 Å². The molecule has 35 heavy (non-hydrogen) atoms. The molecular formula is C25H34N8O2. The molecule has 3 aromatic rings. The molecular weight excluding hydrogens is 444 g/mol. The first-order chi connectivity index (χ1) is 16.8. The lowest BCUT2D eigenvalue weighted by Crippen LogP contribution is -2.55. The fourth-order valence-electron chi connectivity index (χ4n) is 4.44. The van der Waals surface area contributed by atoms with Crippen molar-refractivity contribution in [2.75, 3.05) is 55.8 Å². The molecule has 3 heterocycles. The molecule has 1 atom stereocenters. The predicted molar refractivity (Wildman–Crippen MR) is 139 cm³/mol. The monoisotopic (exact) mass is 478 g/mol. The minimum atomic E-state index is -0.155. The standard InChI is InChI=1S/C25H34N8O2/c1-17-14-26-23-22(17)24(28-16-27-23)32-11-12-33(18(2)15-32)25(35)30-20-8-5-7-19(13-20)29-21(34)9-6-10-31(3)4/h5,7-8,13-14,16,18H,6,9-12,15H2,1-4H3,(H,29,34)(H,30,35)(H,26,27,28)/t18-/m0/s1. The first-order valence-electron chi connectivity index (χ1n) is 12.0. The summed E-state index contributed by atoms with van der Waals surface area (Å²) < 4.78 is 0. The summed E-state index contributed by atoms with van der Waals surface area (Å²) in [5.74, 6) is 0.867. The van der Waals surface area contributed by atoms with Crippen LogP contribution in [-0.4, -0.2) is 83.0 Å². The maximum atomic E-state index is 13.1. The van der Waals surface area contributed by atoms with Crippen LogP contribution in [0.4, 0.5) is 22.0 Å². The first-order valence-corrected chi connectivity index (χ1v) is 12.0. The van der Waals surface area contributed by atoms with E-state index in [4.69, 9.17) is 0 Å². The van der Waals surface area contributed by atoms with E-state index >= 15 is 0 Å². The van der Waals surface area contributed by atoms with Crippen molar-refractivity contribution in [2.45, 2.75) is 32.7 Å². The molecule has 1 fully saturated rings. The first kappa shape index (κ1) is 24.5. The highest BCUT2D eigenvalue weighted by Gasteiger charge is 2.29. The quantitative estimate of drug-likeness (QED) is 0.481. The lowest BCUT2D eigenvalue weighted by atomic mass is 10.1. The second-order valence-corrected chi connectivity index (χ2v) is 9.35. The molecule has 0 saturated carbocycles. The number of nitrogens with one attached hydrogen (secondary N) is 3. The average Bonchev–Trinajstić information content (AvgIpc) is 3.20. The maximum Gasteiger partial charge on any atom is 0.322 e. The summed E-state index contributed by atoms with van der Waals surface area (Å²) in [4.78, 5) is 43.4. The van der Waals surface area contributed by atoms with Gasteiger partial charge in [-0.25, -0.2) is 14.8 Å². The number of carbonyl (C=O) groups is 2. The van der Waals surface area contributed by atoms with Crippen LogP contribution >= 0.6 is 0 Å². The average molecular weight is 479 g/mol. The Bertz CT molecular complexity index is 1190. The molecule has 2 aromatic heterocycles. The zero-order valence-electron chi connectivity index (χ0n) is 20.8. The van der Waals surface area contributed by atoms with Gasteiger partial charge in [-0.05, 0) is 64.7 Å². The van der Waals surface area contributed by atoms with Crippen molar-refractivity contribution >= 4 is 40.2 Å². The third-order valence-corrected chi connectivity index (χ3v) is 6.24. The van der Waals surface area contributed by atoms with Gasteiger partial charge in [-0.2, -0.15) is 0 Å². The number of urea groups is 1. The van der Waals surface area contributed by atoms with Crippen LogP contribution in [0.3, 0.4) is 0 Å². The number of benzene rings is 1. The number of fused-ring (bicyclic) bond motifs is 1. The molecule has 1 aliphatic rings. The minimum absolute atomic E-state index is 0.00686. The van der Waals surface area contributed by atoms with Crippen LogP contribution < -0.4 is 15.5 Å². The number of aromatic amines is 1. The number of aromatic nitrogens is 3. The molecule has 0 aliphatic carbocycles. The molecule has 10 heteroatoms. The smallest absolute Gasteiger partial charge is 0.322 e. The van der Waals surface area contributed by atoms with Gasteiger partial charge in [0.15, 0.2) is 0 Å². The van der Waals surface area contributed by atoms with Crippen LogP contribution in [-0.2, 0) is 4.79 Å². The van der Waals surface area contributed by atoms with Crippen molar-refractivity contribution < 1.29 is 9.59 Å². The largest absolute Gasteiger partial charge is 0.352 e. The van der Waals surface area contributed by atoms with Crippen molar-refractivity contribution in [1.82, 2.24) is 24.8 Å². The Balaban J connectivity index is 1.35. The van der Waals surface area contributed by atoms with Gasteiger partial charge in [-0.1, -0.05) is 6.07 Å². The molecule has 1 saturated heterocycles. The number of aryl methyl sites for hydroxylation is 1. The van der Waals surface area contributed by atoms with Crippen molar-refractivity contribution in [3.05, 3.63) is 42.4 Å². The number of rotatable bonds is 7. The molecule has 1 aromatic carbocycles. The summed E-state index contributed by atoms with van der Waals surface area (Å²) in [6.07, 6.45) is 4.77. The molecule has 3 amide bonds. The molecule has 186 valence electrons. The second-order valence-electron chi connectivity index (χ2n) is 9.35. The van der Waals surface area contributed by atoms with Crippen LogP contribution in [0.5, 0.6) is 0 Å². The van der Waals surface area contributed by atoms with E-state index in [1.807, 2.05) is 57.2 Å². The Morgan fingerprint density at radius 2 is 1.94 bits per heavy atom. The highest BCUT2D eigenvalue weighted by atomic mass is 16.2. The molecule has 0 bridgehead atoms. The van der Waals surface area contributed by atoms with Gasteiger partial charge < -0.3 is 30.3 Å². The van der Waals surface area contributed by atoms with Crippen molar-refractivity contribution in [1.29, 1.82) is 0 Å². The van der Waals surface area contributed by atoms with Gasteiger partial charge in [-0.3, -0.25) is 4.79 Å². The number of hydrogen-bond acceptors (Lipinski definition) is 6. The molecule has 0 spiro atoms. The summed E-state index contributed by atoms with van der Waals surface area (Å²) in [6, 6.07) is 7.10. The third kappa shape index (κ3) is 5.89. The van der Waals surface area contributed by atoms with Crippen LogP contribution in [0.1, 0.15) is 25.3 Å². The zero-order valence-corrected chi connectivity index (χ0v) is 20.8. The summed E-state index contributed by atoms with van der Waals surface area (Å²) in [6.45, 7) is 6.87. The number of amides is 3. The molecule has 10 nitrogen and oxygen atoms in total. The van der Waals surface area contributed by atoms with Crippen LogP contribution in [0, 0.1) is 6.92 Å². The van der Waals surface area contributed by atoms with Crippen molar-refractivity contribution in [3.8, 4) is 0 Å². The van der Waals surface area contributed by atoms with Gasteiger partial charge in [0.25, 0.3) is 0 Å². The third-order valence-electron chi connectivity index (χ3n) is 6.24. The van der Waals surface area contributed by atoms with Crippen molar-refractivity contribution in [3.63, 3.8) is 0 Å². The molecule has 0 unspecified atom stereocenters. The van der Waals surface area contributed by atoms with E-state index in [0.717, 1.165) is 35.4 Å². The minimum Gasteiger partial charge on any atom is -0.352 e. The van der Waals surface area contributed by atoms with E-state index in [1.165, 1.54) is 0 Å². The predicted octanol–water partition coefficient (Wildman–Crippen LogP) is 3.29. The van der Waals surface area contributed by atoms with E-state index in [0.29, 0.717) is 37.4 Å². The Hall–Kier alpha value is -3.66. The Morgan fingerprint density at radius 1 is 1.17 bits per heavy atom. The zero-order chi connectivity index (χ0) is 24.9. The van der Waals surface area contributed by atoms with E-state index in [1.54, 1.807) is 12.4 Å². The SMILES string of the molecule is Cc1c[nH]c2ncnc(N3CCN(C(=O)Nc4cccc(NC(=O)CCCN(C)C)c4)[C@@H](C)C3)c12. The number of H-pyrrole nitrogens is 1. The Kier molecular flexibility index (Phi) is 7.50. The lowest BCUT2D eigenvalue weighted by Gasteiger charge is -2.40. The van der Waals surface area contributed by atoms with E-state index in [9.17, 15) is 9.59 Å². The van der Waals surface area contributed by atoms with Crippen LogP contribution in [0.15, 0.2) is 36.8 Å². The Morgan fingerprint density at radius 3 is 2.69 bits per heavy atom. The van der Waals surface area contributed by atoms with E-state index in [2.05, 4.69) is 35.4 Å². The highest BCUT2D eigenvalue weighted by Crippen LogP contribution is 2.28. The van der Waals surface area contributed by atoms with Gasteiger partial charge in [0.2, 0.25) is 5.91 Å². The van der Waals surface area contributed by atoms with Crippen LogP contribution in [0.25, 0.3) is 11.0 Å².